The molecule has 1 fully saturated rings. The highest BCUT2D eigenvalue weighted by atomic mass is 16.4. The van der Waals surface area contributed by atoms with Crippen molar-refractivity contribution in [2.24, 2.45) is 5.92 Å². The number of benzene rings is 1. The maximum absolute atomic E-state index is 12.4. The molecule has 0 saturated carbocycles. The second kappa shape index (κ2) is 4.91. The van der Waals surface area contributed by atoms with Gasteiger partial charge in [-0.1, -0.05) is 12.1 Å². The number of nitrogens with zero attached hydrogens (tertiary/aromatic N) is 1. The molecule has 0 aromatic heterocycles. The third kappa shape index (κ3) is 2.28. The molecule has 0 radical (unpaired) electrons. The van der Waals surface area contributed by atoms with Gasteiger partial charge in [-0.2, -0.15) is 0 Å². The summed E-state index contributed by atoms with van der Waals surface area (Å²) in [5.41, 5.74) is 0.866. The molecule has 1 amide bonds. The van der Waals surface area contributed by atoms with Crippen LogP contribution in [-0.2, 0) is 4.79 Å². The molecular formula is C14H17NO4. The predicted molar refractivity (Wildman–Crippen MR) is 69.1 cm³/mol. The number of carboxylic acids is 1. The number of hydrogen-bond donors (Lipinski definition) is 2. The summed E-state index contributed by atoms with van der Waals surface area (Å²) in [7, 11) is 0. The van der Waals surface area contributed by atoms with Gasteiger partial charge in [0.2, 0.25) is 0 Å². The largest absolute Gasteiger partial charge is 0.507 e. The number of para-hydroxylation sites is 1. The van der Waals surface area contributed by atoms with Gasteiger partial charge in [-0.25, -0.2) is 0 Å². The van der Waals surface area contributed by atoms with Crippen molar-refractivity contribution in [2.45, 2.75) is 26.3 Å². The monoisotopic (exact) mass is 263 g/mol. The minimum Gasteiger partial charge on any atom is -0.507 e. The Morgan fingerprint density at radius 2 is 2.05 bits per heavy atom. The van der Waals surface area contributed by atoms with E-state index in [1.807, 2.05) is 0 Å². The lowest BCUT2D eigenvalue weighted by molar-refractivity contribution is -0.142. The third-order valence-corrected chi connectivity index (χ3v) is 3.80. The first-order chi connectivity index (χ1) is 8.93. The van der Waals surface area contributed by atoms with Crippen LogP contribution in [0.5, 0.6) is 5.75 Å². The van der Waals surface area contributed by atoms with Gasteiger partial charge in [0.15, 0.2) is 0 Å². The van der Waals surface area contributed by atoms with E-state index in [-0.39, 0.29) is 23.3 Å². The summed E-state index contributed by atoms with van der Waals surface area (Å²) in [5.74, 6) is -1.75. The summed E-state index contributed by atoms with van der Waals surface area (Å²) < 4.78 is 0. The van der Waals surface area contributed by atoms with E-state index in [9.17, 15) is 14.7 Å². The molecule has 1 aromatic rings. The summed E-state index contributed by atoms with van der Waals surface area (Å²) >= 11 is 0. The van der Waals surface area contributed by atoms with Crippen LogP contribution < -0.4 is 0 Å². The Balaban J connectivity index is 2.26. The molecule has 0 aliphatic carbocycles. The number of rotatable bonds is 2. The molecule has 1 aliphatic heterocycles. The summed E-state index contributed by atoms with van der Waals surface area (Å²) in [5, 5.41) is 19.0. The summed E-state index contributed by atoms with van der Waals surface area (Å²) in [6, 6.07) is 4.63. The molecule has 5 nitrogen and oxygen atoms in total. The van der Waals surface area contributed by atoms with Crippen molar-refractivity contribution in [1.82, 2.24) is 4.90 Å². The highest BCUT2D eigenvalue weighted by molar-refractivity contribution is 5.98. The number of aryl methyl sites for hydroxylation is 1. The fraction of sp³-hybridized carbons (Fsp3) is 0.429. The van der Waals surface area contributed by atoms with Gasteiger partial charge in [0.1, 0.15) is 5.75 Å². The molecule has 19 heavy (non-hydrogen) atoms. The van der Waals surface area contributed by atoms with Gasteiger partial charge >= 0.3 is 5.97 Å². The number of phenolic OH excluding ortho intramolecular Hbond substituents is 1. The summed E-state index contributed by atoms with van der Waals surface area (Å²) in [4.78, 5) is 24.9. The van der Waals surface area contributed by atoms with Crippen molar-refractivity contribution in [3.63, 3.8) is 0 Å². The summed E-state index contributed by atoms with van der Waals surface area (Å²) in [6.45, 7) is 3.86. The lowest BCUT2D eigenvalue weighted by Crippen LogP contribution is -2.37. The molecule has 1 saturated heterocycles. The van der Waals surface area contributed by atoms with Crippen molar-refractivity contribution in [3.05, 3.63) is 29.3 Å². The molecule has 2 rings (SSSR count). The lowest BCUT2D eigenvalue weighted by atomic mass is 10.0. The Bertz CT molecular complexity index is 526. The normalized spacial score (nSPS) is 22.5. The number of aliphatic carboxylic acids is 1. The zero-order valence-electron chi connectivity index (χ0n) is 11.0. The maximum Gasteiger partial charge on any atom is 0.308 e. The first kappa shape index (κ1) is 13.4. The summed E-state index contributed by atoms with van der Waals surface area (Å²) in [6.07, 6.45) is 0.453. The van der Waals surface area contributed by atoms with Crippen LogP contribution >= 0.6 is 0 Å². The zero-order valence-corrected chi connectivity index (χ0v) is 11.0. The average Bonchev–Trinajstić information content (AvgIpc) is 2.74. The molecule has 1 aromatic carbocycles. The van der Waals surface area contributed by atoms with Crippen LogP contribution in [-0.4, -0.2) is 39.6 Å². The van der Waals surface area contributed by atoms with Crippen molar-refractivity contribution in [3.8, 4) is 5.75 Å². The van der Waals surface area contributed by atoms with Gasteiger partial charge in [0.25, 0.3) is 5.91 Å². The third-order valence-electron chi connectivity index (χ3n) is 3.80. The Labute approximate surface area is 111 Å². The lowest BCUT2D eigenvalue weighted by Gasteiger charge is -2.23. The SMILES string of the molecule is Cc1cccc(C(=O)N2CCC(C(=O)O)C2C)c1O. The number of phenols is 1. The molecular weight excluding hydrogens is 246 g/mol. The van der Waals surface area contributed by atoms with E-state index in [1.54, 1.807) is 32.0 Å². The van der Waals surface area contributed by atoms with Crippen LogP contribution in [0.2, 0.25) is 0 Å². The fourth-order valence-electron chi connectivity index (χ4n) is 2.54. The number of carbonyl (C=O) groups excluding carboxylic acids is 1. The van der Waals surface area contributed by atoms with E-state index in [4.69, 9.17) is 5.11 Å². The maximum atomic E-state index is 12.4. The minimum absolute atomic E-state index is 0.0292. The van der Waals surface area contributed by atoms with Gasteiger partial charge in [0, 0.05) is 12.6 Å². The van der Waals surface area contributed by atoms with Crippen LogP contribution in [0.15, 0.2) is 18.2 Å². The van der Waals surface area contributed by atoms with E-state index in [2.05, 4.69) is 0 Å². The Kier molecular flexibility index (Phi) is 3.46. The topological polar surface area (TPSA) is 77.8 Å². The van der Waals surface area contributed by atoms with Crippen molar-refractivity contribution >= 4 is 11.9 Å². The second-order valence-corrected chi connectivity index (χ2v) is 4.94. The van der Waals surface area contributed by atoms with Crippen LogP contribution in [0.1, 0.15) is 29.3 Å². The van der Waals surface area contributed by atoms with Crippen LogP contribution in [0.3, 0.4) is 0 Å². The number of likely N-dealkylation sites (tertiary alicyclic amines) is 1. The van der Waals surface area contributed by atoms with Gasteiger partial charge < -0.3 is 15.1 Å². The van der Waals surface area contributed by atoms with Gasteiger partial charge in [-0.05, 0) is 31.9 Å². The Hall–Kier alpha value is -2.04. The van der Waals surface area contributed by atoms with E-state index in [1.165, 1.54) is 4.90 Å². The van der Waals surface area contributed by atoms with Gasteiger partial charge in [-0.15, -0.1) is 0 Å². The smallest absolute Gasteiger partial charge is 0.308 e. The van der Waals surface area contributed by atoms with E-state index in [0.29, 0.717) is 18.5 Å². The van der Waals surface area contributed by atoms with Gasteiger partial charge in [-0.3, -0.25) is 9.59 Å². The van der Waals surface area contributed by atoms with Gasteiger partial charge in [0.05, 0.1) is 11.5 Å². The standard InChI is InChI=1S/C14H17NO4/c1-8-4-3-5-11(12(8)16)13(17)15-7-6-10(9(15)2)14(18)19/h3-5,9-10,16H,6-7H2,1-2H3,(H,18,19). The van der Waals surface area contributed by atoms with Crippen molar-refractivity contribution in [2.75, 3.05) is 6.54 Å². The minimum atomic E-state index is -0.878. The number of carbonyl (C=O) groups is 2. The van der Waals surface area contributed by atoms with E-state index < -0.39 is 11.9 Å². The molecule has 5 heteroatoms. The van der Waals surface area contributed by atoms with Crippen LogP contribution in [0, 0.1) is 12.8 Å². The number of aromatic hydroxyl groups is 1. The highest BCUT2D eigenvalue weighted by Gasteiger charge is 2.38. The second-order valence-electron chi connectivity index (χ2n) is 4.94. The first-order valence-corrected chi connectivity index (χ1v) is 6.26. The molecule has 2 atom stereocenters. The van der Waals surface area contributed by atoms with Crippen LogP contribution in [0.25, 0.3) is 0 Å². The van der Waals surface area contributed by atoms with Crippen LogP contribution in [0.4, 0.5) is 0 Å². The highest BCUT2D eigenvalue weighted by Crippen LogP contribution is 2.29. The predicted octanol–water partition coefficient (Wildman–Crippen LogP) is 1.64. The first-order valence-electron chi connectivity index (χ1n) is 6.26. The Morgan fingerprint density at radius 3 is 2.63 bits per heavy atom. The molecule has 1 aliphatic rings. The van der Waals surface area contributed by atoms with E-state index in [0.717, 1.165) is 0 Å². The fourth-order valence-corrected chi connectivity index (χ4v) is 2.54. The Morgan fingerprint density at radius 1 is 1.37 bits per heavy atom. The number of hydrogen-bond acceptors (Lipinski definition) is 3. The molecule has 2 unspecified atom stereocenters. The molecule has 0 bridgehead atoms. The molecule has 102 valence electrons. The number of amides is 1. The quantitative estimate of drug-likeness (QED) is 0.850. The van der Waals surface area contributed by atoms with E-state index >= 15 is 0 Å². The molecule has 1 heterocycles. The molecule has 2 N–H and O–H groups in total. The average molecular weight is 263 g/mol. The number of carboxylic acid groups (broad SMARTS) is 1. The molecule has 0 spiro atoms. The van der Waals surface area contributed by atoms with Crippen molar-refractivity contribution < 1.29 is 19.8 Å². The van der Waals surface area contributed by atoms with Crippen molar-refractivity contribution in [1.29, 1.82) is 0 Å². The zero-order chi connectivity index (χ0) is 14.2.